The van der Waals surface area contributed by atoms with Gasteiger partial charge in [-0.25, -0.2) is 0 Å². The van der Waals surface area contributed by atoms with E-state index in [1.807, 2.05) is 12.1 Å². The summed E-state index contributed by atoms with van der Waals surface area (Å²) in [5.74, 6) is -0.383. The molecule has 0 heterocycles. The molecule has 3 nitrogen and oxygen atoms in total. The molecule has 0 spiro atoms. The summed E-state index contributed by atoms with van der Waals surface area (Å²) in [4.78, 5) is 23.4. The smallest absolute Gasteiger partial charge is 0.248 e. The molecule has 0 aliphatic heterocycles. The molecule has 0 aliphatic carbocycles. The number of para-hydroxylation sites is 1. The van der Waals surface area contributed by atoms with Gasteiger partial charge in [0.25, 0.3) is 0 Å². The van der Waals surface area contributed by atoms with Crippen LogP contribution in [0.3, 0.4) is 0 Å². The van der Waals surface area contributed by atoms with E-state index in [-0.39, 0.29) is 11.7 Å². The van der Waals surface area contributed by atoms with Crippen LogP contribution in [0.5, 0.6) is 0 Å². The van der Waals surface area contributed by atoms with E-state index in [2.05, 4.69) is 5.32 Å². The van der Waals surface area contributed by atoms with Crippen LogP contribution in [0, 0.1) is 0 Å². The summed E-state index contributed by atoms with van der Waals surface area (Å²) < 4.78 is 0. The highest BCUT2D eigenvalue weighted by Crippen LogP contribution is 2.16. The Morgan fingerprint density at radius 1 is 1.05 bits per heavy atom. The Morgan fingerprint density at radius 2 is 1.71 bits per heavy atom. The zero-order valence-electron chi connectivity index (χ0n) is 11.5. The van der Waals surface area contributed by atoms with Crippen molar-refractivity contribution in [3.8, 4) is 0 Å². The molecule has 2 aromatic rings. The lowest BCUT2D eigenvalue weighted by molar-refractivity contribution is -0.111. The zero-order valence-corrected chi connectivity index (χ0v) is 12.2. The molecular weight excluding hydrogens is 286 g/mol. The fourth-order valence-electron chi connectivity index (χ4n) is 1.82. The van der Waals surface area contributed by atoms with E-state index in [9.17, 15) is 9.59 Å². The van der Waals surface area contributed by atoms with Crippen molar-refractivity contribution in [2.24, 2.45) is 0 Å². The second-order valence-corrected chi connectivity index (χ2v) is 4.91. The van der Waals surface area contributed by atoms with Crippen LogP contribution in [0.2, 0.25) is 5.02 Å². The molecule has 0 aromatic heterocycles. The summed E-state index contributed by atoms with van der Waals surface area (Å²) >= 11 is 5.79. The highest BCUT2D eigenvalue weighted by molar-refractivity contribution is 6.30. The van der Waals surface area contributed by atoms with Gasteiger partial charge in [-0.15, -0.1) is 0 Å². The number of carbonyl (C=O) groups excluding carboxylic acids is 2. The van der Waals surface area contributed by atoms with Crippen molar-refractivity contribution in [3.05, 3.63) is 70.8 Å². The SMILES string of the molecule is CC(=O)c1ccccc1NC(=O)/C=C/c1ccc(Cl)cc1. The first-order valence-electron chi connectivity index (χ1n) is 6.41. The third-order valence-corrected chi connectivity index (χ3v) is 3.11. The first kappa shape index (κ1) is 15.0. The Morgan fingerprint density at radius 3 is 2.38 bits per heavy atom. The molecule has 0 bridgehead atoms. The van der Waals surface area contributed by atoms with E-state index < -0.39 is 0 Å². The fourth-order valence-corrected chi connectivity index (χ4v) is 1.95. The van der Waals surface area contributed by atoms with Crippen molar-refractivity contribution in [2.45, 2.75) is 6.92 Å². The van der Waals surface area contributed by atoms with Gasteiger partial charge in [0.1, 0.15) is 0 Å². The molecule has 0 atom stereocenters. The molecule has 0 saturated carbocycles. The van der Waals surface area contributed by atoms with Gasteiger partial charge < -0.3 is 5.32 Å². The van der Waals surface area contributed by atoms with Crippen LogP contribution in [0.4, 0.5) is 5.69 Å². The van der Waals surface area contributed by atoms with Crippen LogP contribution in [0.1, 0.15) is 22.8 Å². The number of hydrogen-bond acceptors (Lipinski definition) is 2. The molecule has 2 rings (SSSR count). The van der Waals surface area contributed by atoms with Crippen molar-refractivity contribution in [1.29, 1.82) is 0 Å². The normalized spacial score (nSPS) is 10.6. The number of carbonyl (C=O) groups is 2. The number of anilines is 1. The number of ketones is 1. The van der Waals surface area contributed by atoms with Gasteiger partial charge in [-0.05, 0) is 42.8 Å². The quantitative estimate of drug-likeness (QED) is 0.679. The monoisotopic (exact) mass is 299 g/mol. The standard InChI is InChI=1S/C17H14ClNO2/c1-12(20)15-4-2-3-5-16(15)19-17(21)11-8-13-6-9-14(18)10-7-13/h2-11H,1H3,(H,19,21)/b11-8+. The Labute approximate surface area is 128 Å². The number of amides is 1. The lowest BCUT2D eigenvalue weighted by Crippen LogP contribution is -2.11. The lowest BCUT2D eigenvalue weighted by Gasteiger charge is -2.06. The molecule has 4 heteroatoms. The third kappa shape index (κ3) is 4.29. The molecular formula is C17H14ClNO2. The minimum Gasteiger partial charge on any atom is -0.322 e. The van der Waals surface area contributed by atoms with Crippen molar-refractivity contribution >= 4 is 35.1 Å². The van der Waals surface area contributed by atoms with Crippen LogP contribution >= 0.6 is 11.6 Å². The molecule has 106 valence electrons. The first-order valence-corrected chi connectivity index (χ1v) is 6.78. The van der Waals surface area contributed by atoms with Crippen LogP contribution in [0.15, 0.2) is 54.6 Å². The maximum absolute atomic E-state index is 11.9. The highest BCUT2D eigenvalue weighted by Gasteiger charge is 2.07. The van der Waals surface area contributed by atoms with Gasteiger partial charge in [0.05, 0.1) is 5.69 Å². The summed E-state index contributed by atoms with van der Waals surface area (Å²) in [6.45, 7) is 1.47. The van der Waals surface area contributed by atoms with Crippen LogP contribution < -0.4 is 5.32 Å². The number of Topliss-reactive ketones (excluding diaryl/α,β-unsaturated/α-hetero) is 1. The predicted molar refractivity (Wildman–Crippen MR) is 85.6 cm³/mol. The van der Waals surface area contributed by atoms with E-state index in [1.54, 1.807) is 42.5 Å². The van der Waals surface area contributed by atoms with Gasteiger partial charge in [0.2, 0.25) is 5.91 Å². The number of rotatable bonds is 4. The minimum absolute atomic E-state index is 0.0902. The topological polar surface area (TPSA) is 46.2 Å². The Bertz CT molecular complexity index is 690. The Hall–Kier alpha value is -2.39. The summed E-state index contributed by atoms with van der Waals surface area (Å²) in [5, 5.41) is 3.35. The summed E-state index contributed by atoms with van der Waals surface area (Å²) in [5.41, 5.74) is 1.87. The lowest BCUT2D eigenvalue weighted by atomic mass is 10.1. The largest absolute Gasteiger partial charge is 0.322 e. The summed E-state index contributed by atoms with van der Waals surface area (Å²) in [7, 11) is 0. The van der Waals surface area contributed by atoms with Gasteiger partial charge in [-0.3, -0.25) is 9.59 Å². The minimum atomic E-state index is -0.293. The first-order chi connectivity index (χ1) is 10.1. The third-order valence-electron chi connectivity index (χ3n) is 2.86. The van der Waals surface area contributed by atoms with Crippen molar-refractivity contribution in [2.75, 3.05) is 5.32 Å². The highest BCUT2D eigenvalue weighted by atomic mass is 35.5. The van der Waals surface area contributed by atoms with Crippen LogP contribution in [-0.2, 0) is 4.79 Å². The molecule has 0 aliphatic rings. The zero-order chi connectivity index (χ0) is 15.2. The number of hydrogen-bond donors (Lipinski definition) is 1. The van der Waals surface area contributed by atoms with Crippen molar-refractivity contribution < 1.29 is 9.59 Å². The van der Waals surface area contributed by atoms with E-state index in [0.29, 0.717) is 16.3 Å². The predicted octanol–water partition coefficient (Wildman–Crippen LogP) is 4.19. The number of halogens is 1. The van der Waals surface area contributed by atoms with Crippen molar-refractivity contribution in [3.63, 3.8) is 0 Å². The second kappa shape index (κ2) is 6.86. The van der Waals surface area contributed by atoms with E-state index in [4.69, 9.17) is 11.6 Å². The van der Waals surface area contributed by atoms with E-state index in [1.165, 1.54) is 13.0 Å². The number of nitrogens with one attached hydrogen (secondary N) is 1. The fraction of sp³-hybridized carbons (Fsp3) is 0.0588. The number of benzene rings is 2. The molecule has 21 heavy (non-hydrogen) atoms. The molecule has 0 radical (unpaired) electrons. The van der Waals surface area contributed by atoms with Gasteiger partial charge in [0.15, 0.2) is 5.78 Å². The van der Waals surface area contributed by atoms with Crippen LogP contribution in [-0.4, -0.2) is 11.7 Å². The van der Waals surface area contributed by atoms with Gasteiger partial charge >= 0.3 is 0 Å². The molecule has 0 fully saturated rings. The molecule has 2 aromatic carbocycles. The average Bonchev–Trinajstić information content (AvgIpc) is 2.47. The molecule has 0 unspecified atom stereocenters. The summed E-state index contributed by atoms with van der Waals surface area (Å²) in [6.07, 6.45) is 3.10. The second-order valence-electron chi connectivity index (χ2n) is 4.48. The van der Waals surface area contributed by atoms with Gasteiger partial charge in [-0.1, -0.05) is 35.9 Å². The molecule has 1 amide bonds. The molecule has 1 N–H and O–H groups in total. The molecule has 0 saturated heterocycles. The van der Waals surface area contributed by atoms with Crippen LogP contribution in [0.25, 0.3) is 6.08 Å². The van der Waals surface area contributed by atoms with Gasteiger partial charge in [-0.2, -0.15) is 0 Å². The average molecular weight is 300 g/mol. The maximum atomic E-state index is 11.9. The van der Waals surface area contributed by atoms with E-state index >= 15 is 0 Å². The van der Waals surface area contributed by atoms with Crippen molar-refractivity contribution in [1.82, 2.24) is 0 Å². The maximum Gasteiger partial charge on any atom is 0.248 e. The van der Waals surface area contributed by atoms with E-state index in [0.717, 1.165) is 5.56 Å². The van der Waals surface area contributed by atoms with Gasteiger partial charge in [0, 0.05) is 16.7 Å². The summed E-state index contributed by atoms with van der Waals surface area (Å²) in [6, 6.07) is 14.0. The Balaban J connectivity index is 2.08. The Kier molecular flexibility index (Phi) is 4.90.